The molecule has 260 valence electrons. The minimum absolute atomic E-state index is 0.0501. The molecule has 47 heavy (non-hydrogen) atoms. The van der Waals surface area contributed by atoms with Crippen LogP contribution >= 0.6 is 0 Å². The molecule has 1 aromatic heterocycles. The van der Waals surface area contributed by atoms with Crippen LogP contribution in [0, 0.1) is 5.41 Å². The average Bonchev–Trinajstić information content (AvgIpc) is 3.02. The number of nitrogens with one attached hydrogen (secondary N) is 5. The highest BCUT2D eigenvalue weighted by Crippen LogP contribution is 2.25. The summed E-state index contributed by atoms with van der Waals surface area (Å²) in [6, 6.07) is 8.97. The van der Waals surface area contributed by atoms with Crippen LogP contribution in [0.5, 0.6) is 0 Å². The predicted molar refractivity (Wildman–Crippen MR) is 167 cm³/mol. The quantitative estimate of drug-likeness (QED) is 0.122. The number of aliphatic hydroxyl groups is 2. The zero-order valence-electron chi connectivity index (χ0n) is 27.0. The standard InChI is InChI=1S/C30H44N6O11/c1-6-31-29(44)47-24(18-10-8-7-9-11-18)19(34-26(41)30(2,3)4)13-15-46-28(43)33-17-22(38)32-16-20(45-5)23(39)25(40)36-14-12-21(37)35-27(36)42/h7-12,14,19-20,23-25,39-40H,6,13,15-17H2,1-5H3,(H,31,44)(H,32,38)(H,33,43)(H,34,41)(H,35,37,42). The molecule has 4 amide bonds. The van der Waals surface area contributed by atoms with Crippen molar-refractivity contribution in [1.29, 1.82) is 0 Å². The van der Waals surface area contributed by atoms with Crippen LogP contribution in [0.1, 0.15) is 52.0 Å². The molecule has 2 rings (SSSR count). The summed E-state index contributed by atoms with van der Waals surface area (Å²) < 4.78 is 16.7. The highest BCUT2D eigenvalue weighted by molar-refractivity contribution is 5.82. The first-order valence-corrected chi connectivity index (χ1v) is 14.9. The second-order valence-electron chi connectivity index (χ2n) is 11.4. The van der Waals surface area contributed by atoms with Crippen LogP contribution in [0.15, 0.2) is 52.2 Å². The molecule has 0 radical (unpaired) electrons. The molecule has 0 spiro atoms. The Morgan fingerprint density at radius 3 is 2.26 bits per heavy atom. The number of aliphatic hydroxyl groups excluding tert-OH is 2. The van der Waals surface area contributed by atoms with Gasteiger partial charge in [0.25, 0.3) is 5.56 Å². The number of rotatable bonds is 16. The molecule has 17 heteroatoms. The Balaban J connectivity index is 1.96. The molecule has 0 bridgehead atoms. The van der Waals surface area contributed by atoms with Crippen LogP contribution < -0.4 is 32.5 Å². The first-order valence-electron chi connectivity index (χ1n) is 14.9. The van der Waals surface area contributed by atoms with Gasteiger partial charge in [0.1, 0.15) is 18.3 Å². The Bertz CT molecular complexity index is 1440. The molecule has 7 N–H and O–H groups in total. The summed E-state index contributed by atoms with van der Waals surface area (Å²) in [5.74, 6) is -1.01. The third-order valence-electron chi connectivity index (χ3n) is 6.73. The summed E-state index contributed by atoms with van der Waals surface area (Å²) >= 11 is 0. The second-order valence-corrected chi connectivity index (χ2v) is 11.4. The van der Waals surface area contributed by atoms with Gasteiger partial charge in [-0.15, -0.1) is 0 Å². The maximum absolute atomic E-state index is 12.9. The molecule has 5 atom stereocenters. The van der Waals surface area contributed by atoms with E-state index in [0.29, 0.717) is 16.7 Å². The van der Waals surface area contributed by atoms with Gasteiger partial charge in [0.05, 0.1) is 19.2 Å². The van der Waals surface area contributed by atoms with Crippen molar-refractivity contribution in [3.05, 3.63) is 69.0 Å². The smallest absolute Gasteiger partial charge is 0.407 e. The van der Waals surface area contributed by atoms with Crippen LogP contribution in [-0.4, -0.2) is 95.4 Å². The maximum Gasteiger partial charge on any atom is 0.407 e. The number of amides is 4. The van der Waals surface area contributed by atoms with Crippen molar-refractivity contribution in [2.75, 3.05) is 33.4 Å². The zero-order chi connectivity index (χ0) is 35.1. The van der Waals surface area contributed by atoms with Gasteiger partial charge in [-0.3, -0.25) is 23.9 Å². The lowest BCUT2D eigenvalue weighted by Gasteiger charge is -2.30. The number of aromatic amines is 1. The number of aromatic nitrogens is 2. The van der Waals surface area contributed by atoms with E-state index in [0.717, 1.165) is 12.3 Å². The van der Waals surface area contributed by atoms with Crippen molar-refractivity contribution < 1.29 is 43.6 Å². The van der Waals surface area contributed by atoms with E-state index in [-0.39, 0.29) is 25.5 Å². The summed E-state index contributed by atoms with van der Waals surface area (Å²) in [5.41, 5.74) is -1.81. The summed E-state index contributed by atoms with van der Waals surface area (Å²) in [6.45, 7) is 6.17. The van der Waals surface area contributed by atoms with Gasteiger partial charge in [0.2, 0.25) is 11.8 Å². The van der Waals surface area contributed by atoms with E-state index in [1.165, 1.54) is 7.11 Å². The Labute approximate surface area is 271 Å². The number of hydrogen-bond donors (Lipinski definition) is 7. The molecule has 2 aromatic rings. The molecular formula is C30H44N6O11. The lowest BCUT2D eigenvalue weighted by Crippen LogP contribution is -2.48. The van der Waals surface area contributed by atoms with Gasteiger partial charge < -0.3 is 45.7 Å². The van der Waals surface area contributed by atoms with Crippen LogP contribution in [0.3, 0.4) is 0 Å². The van der Waals surface area contributed by atoms with Crippen molar-refractivity contribution in [3.8, 4) is 0 Å². The molecule has 5 unspecified atom stereocenters. The average molecular weight is 665 g/mol. The highest BCUT2D eigenvalue weighted by Gasteiger charge is 2.32. The molecule has 0 aliphatic heterocycles. The number of carbonyl (C=O) groups excluding carboxylic acids is 4. The third-order valence-corrected chi connectivity index (χ3v) is 6.73. The van der Waals surface area contributed by atoms with Gasteiger partial charge in [-0.2, -0.15) is 0 Å². The minimum atomic E-state index is -1.81. The molecule has 1 heterocycles. The number of H-pyrrole nitrogens is 1. The number of nitrogens with zero attached hydrogens (tertiary/aromatic N) is 1. The summed E-state index contributed by atoms with van der Waals surface area (Å²) in [5, 5.41) is 31.0. The van der Waals surface area contributed by atoms with E-state index in [2.05, 4.69) is 21.3 Å². The molecule has 1 aromatic carbocycles. The normalized spacial score (nSPS) is 14.4. The van der Waals surface area contributed by atoms with Crippen molar-refractivity contribution >= 4 is 24.0 Å². The van der Waals surface area contributed by atoms with E-state index >= 15 is 0 Å². The molecule has 0 aliphatic carbocycles. The van der Waals surface area contributed by atoms with Crippen LogP contribution in [0.25, 0.3) is 0 Å². The fourth-order valence-electron chi connectivity index (χ4n) is 4.11. The Morgan fingerprint density at radius 1 is 0.979 bits per heavy atom. The van der Waals surface area contributed by atoms with E-state index in [1.54, 1.807) is 58.0 Å². The molecular weight excluding hydrogens is 620 g/mol. The number of alkyl carbamates (subject to hydrolysis) is 2. The zero-order valence-corrected chi connectivity index (χ0v) is 27.0. The van der Waals surface area contributed by atoms with Gasteiger partial charge in [-0.05, 0) is 12.5 Å². The summed E-state index contributed by atoms with van der Waals surface area (Å²) in [7, 11) is 1.21. The largest absolute Gasteiger partial charge is 0.449 e. The van der Waals surface area contributed by atoms with E-state index < -0.39 is 71.9 Å². The number of hydrogen-bond acceptors (Lipinski definition) is 11. The topological polar surface area (TPSA) is 239 Å². The Kier molecular flexibility index (Phi) is 15.1. The molecule has 17 nitrogen and oxygen atoms in total. The maximum atomic E-state index is 12.9. The van der Waals surface area contributed by atoms with Crippen LogP contribution in [0.4, 0.5) is 9.59 Å². The lowest BCUT2D eigenvalue weighted by atomic mass is 9.93. The van der Waals surface area contributed by atoms with Gasteiger partial charge in [-0.25, -0.2) is 14.4 Å². The van der Waals surface area contributed by atoms with Crippen molar-refractivity contribution in [1.82, 2.24) is 30.8 Å². The Hall–Kier alpha value is -4.74. The molecule has 0 saturated heterocycles. The van der Waals surface area contributed by atoms with Crippen molar-refractivity contribution in [3.63, 3.8) is 0 Å². The lowest BCUT2D eigenvalue weighted by molar-refractivity contribution is -0.130. The third kappa shape index (κ3) is 12.5. The van der Waals surface area contributed by atoms with Crippen LogP contribution in [-0.2, 0) is 23.8 Å². The summed E-state index contributed by atoms with van der Waals surface area (Å²) in [4.78, 5) is 75.1. The number of benzene rings is 1. The molecule has 0 saturated carbocycles. The van der Waals surface area contributed by atoms with Gasteiger partial charge in [0, 0.05) is 44.3 Å². The SMILES string of the molecule is CCNC(=O)OC(c1ccccc1)C(CCOC(=O)NCC(=O)NCC(OC)C(O)C(O)n1ccc(=O)[nH]c1=O)NC(=O)C(C)(C)C. The van der Waals surface area contributed by atoms with Gasteiger partial charge in [-0.1, -0.05) is 51.1 Å². The van der Waals surface area contributed by atoms with Crippen LogP contribution in [0.2, 0.25) is 0 Å². The summed E-state index contributed by atoms with van der Waals surface area (Å²) in [6.07, 6.45) is -6.19. The first-order chi connectivity index (χ1) is 22.2. The molecule has 0 fully saturated rings. The second kappa shape index (κ2) is 18.4. The van der Waals surface area contributed by atoms with Gasteiger partial charge >= 0.3 is 17.9 Å². The minimum Gasteiger partial charge on any atom is -0.449 e. The highest BCUT2D eigenvalue weighted by atomic mass is 16.6. The van der Waals surface area contributed by atoms with E-state index in [9.17, 15) is 39.0 Å². The number of carbonyl (C=O) groups is 4. The van der Waals surface area contributed by atoms with E-state index in [4.69, 9.17) is 14.2 Å². The van der Waals surface area contributed by atoms with Crippen molar-refractivity contribution in [2.24, 2.45) is 5.41 Å². The van der Waals surface area contributed by atoms with Gasteiger partial charge in [0.15, 0.2) is 6.23 Å². The van der Waals surface area contributed by atoms with Crippen molar-refractivity contribution in [2.45, 2.75) is 64.7 Å². The fraction of sp³-hybridized carbons (Fsp3) is 0.533. The van der Waals surface area contributed by atoms with E-state index in [1.807, 2.05) is 4.98 Å². The number of methoxy groups -OCH3 is 1. The monoisotopic (exact) mass is 664 g/mol. The first kappa shape index (κ1) is 38.4. The number of ether oxygens (including phenoxy) is 3. The predicted octanol–water partition coefficient (Wildman–Crippen LogP) is -0.346. The molecule has 0 aliphatic rings. The fourth-order valence-corrected chi connectivity index (χ4v) is 4.11. The Morgan fingerprint density at radius 2 is 1.66 bits per heavy atom.